The first-order valence-corrected chi connectivity index (χ1v) is 6.95. The zero-order chi connectivity index (χ0) is 13.8. The lowest BCUT2D eigenvalue weighted by Crippen LogP contribution is -2.27. The third-order valence-electron chi connectivity index (χ3n) is 3.04. The average Bonchev–Trinajstić information content (AvgIpc) is 2.78. The Morgan fingerprint density at radius 1 is 1.26 bits per heavy atom. The van der Waals surface area contributed by atoms with Crippen LogP contribution in [-0.2, 0) is 17.8 Å². The molecular formula is C15H16FNOS. The molecule has 2 rings (SSSR count). The second-order valence-corrected chi connectivity index (χ2v) is 5.58. The first-order valence-electron chi connectivity index (χ1n) is 6.07. The number of hydrogen-bond donors (Lipinski definition) is 0. The number of amides is 1. The summed E-state index contributed by atoms with van der Waals surface area (Å²) in [6.07, 6.45) is 0.307. The number of thiophene rings is 1. The number of hydrogen-bond acceptors (Lipinski definition) is 2. The molecule has 2 nitrogen and oxygen atoms in total. The van der Waals surface area contributed by atoms with E-state index in [1.165, 1.54) is 22.6 Å². The Morgan fingerprint density at radius 3 is 2.53 bits per heavy atom. The van der Waals surface area contributed by atoms with Crippen LogP contribution in [0.25, 0.3) is 0 Å². The van der Waals surface area contributed by atoms with E-state index in [0.717, 1.165) is 5.56 Å². The van der Waals surface area contributed by atoms with Crippen LogP contribution in [0, 0.1) is 12.7 Å². The van der Waals surface area contributed by atoms with Crippen LogP contribution < -0.4 is 0 Å². The standard InChI is InChI=1S/C15H16FNOS/c1-11-7-8-19-14(11)10-17(2)15(18)9-12-3-5-13(16)6-4-12/h3-8H,9-10H2,1-2H3. The maximum absolute atomic E-state index is 12.8. The minimum absolute atomic E-state index is 0.0411. The quantitative estimate of drug-likeness (QED) is 0.839. The summed E-state index contributed by atoms with van der Waals surface area (Å²) in [4.78, 5) is 15.0. The van der Waals surface area contributed by atoms with Crippen molar-refractivity contribution in [1.29, 1.82) is 0 Å². The highest BCUT2D eigenvalue weighted by Crippen LogP contribution is 2.17. The van der Waals surface area contributed by atoms with Gasteiger partial charge in [0.15, 0.2) is 0 Å². The Hall–Kier alpha value is -1.68. The lowest BCUT2D eigenvalue weighted by Gasteiger charge is -2.17. The Kier molecular flexibility index (Phi) is 4.32. The molecule has 0 N–H and O–H groups in total. The molecule has 0 aliphatic rings. The third kappa shape index (κ3) is 3.64. The normalized spacial score (nSPS) is 10.5. The number of carbonyl (C=O) groups is 1. The van der Waals surface area contributed by atoms with E-state index in [0.29, 0.717) is 13.0 Å². The average molecular weight is 277 g/mol. The number of likely N-dealkylation sites (N-methyl/N-ethyl adjacent to an activating group) is 1. The fraction of sp³-hybridized carbons (Fsp3) is 0.267. The SMILES string of the molecule is Cc1ccsc1CN(C)C(=O)Cc1ccc(F)cc1. The Morgan fingerprint density at radius 2 is 1.95 bits per heavy atom. The van der Waals surface area contributed by atoms with Gasteiger partial charge in [0.2, 0.25) is 5.91 Å². The maximum Gasteiger partial charge on any atom is 0.227 e. The lowest BCUT2D eigenvalue weighted by atomic mass is 10.1. The molecule has 1 heterocycles. The first-order chi connectivity index (χ1) is 9.06. The fourth-order valence-electron chi connectivity index (χ4n) is 1.78. The van der Waals surface area contributed by atoms with Gasteiger partial charge >= 0.3 is 0 Å². The van der Waals surface area contributed by atoms with Gasteiger partial charge in [-0.25, -0.2) is 4.39 Å². The van der Waals surface area contributed by atoms with E-state index in [2.05, 4.69) is 6.07 Å². The van der Waals surface area contributed by atoms with Gasteiger partial charge in [0.05, 0.1) is 13.0 Å². The molecule has 0 atom stereocenters. The molecule has 0 radical (unpaired) electrons. The summed E-state index contributed by atoms with van der Waals surface area (Å²) in [7, 11) is 1.80. The van der Waals surface area contributed by atoms with Crippen LogP contribution in [0.3, 0.4) is 0 Å². The molecule has 2 aromatic rings. The summed E-state index contributed by atoms with van der Waals surface area (Å²) < 4.78 is 12.8. The fourth-order valence-corrected chi connectivity index (χ4v) is 2.74. The van der Waals surface area contributed by atoms with Crippen molar-refractivity contribution in [3.05, 3.63) is 57.5 Å². The van der Waals surface area contributed by atoms with E-state index in [9.17, 15) is 9.18 Å². The highest BCUT2D eigenvalue weighted by atomic mass is 32.1. The van der Waals surface area contributed by atoms with Crippen LogP contribution in [0.2, 0.25) is 0 Å². The smallest absolute Gasteiger partial charge is 0.227 e. The van der Waals surface area contributed by atoms with Gasteiger partial charge in [-0.3, -0.25) is 4.79 Å². The number of carbonyl (C=O) groups excluding carboxylic acids is 1. The minimum atomic E-state index is -0.279. The van der Waals surface area contributed by atoms with Gasteiger partial charge in [0, 0.05) is 11.9 Å². The van der Waals surface area contributed by atoms with E-state index in [-0.39, 0.29) is 11.7 Å². The molecule has 19 heavy (non-hydrogen) atoms. The third-order valence-corrected chi connectivity index (χ3v) is 4.05. The van der Waals surface area contributed by atoms with Crippen molar-refractivity contribution in [3.63, 3.8) is 0 Å². The summed E-state index contributed by atoms with van der Waals surface area (Å²) in [6.45, 7) is 2.67. The van der Waals surface area contributed by atoms with E-state index in [4.69, 9.17) is 0 Å². The van der Waals surface area contributed by atoms with Crippen LogP contribution in [0.4, 0.5) is 4.39 Å². The van der Waals surface area contributed by atoms with Gasteiger partial charge in [0.25, 0.3) is 0 Å². The topological polar surface area (TPSA) is 20.3 Å². The second-order valence-electron chi connectivity index (χ2n) is 4.58. The van der Waals surface area contributed by atoms with E-state index in [1.54, 1.807) is 35.4 Å². The Balaban J connectivity index is 1.96. The molecule has 4 heteroatoms. The summed E-state index contributed by atoms with van der Waals surface area (Å²) in [5.41, 5.74) is 2.05. The predicted molar refractivity (Wildman–Crippen MR) is 75.6 cm³/mol. The van der Waals surface area contributed by atoms with E-state index in [1.807, 2.05) is 12.3 Å². The van der Waals surface area contributed by atoms with Gasteiger partial charge in [0.1, 0.15) is 5.82 Å². The largest absolute Gasteiger partial charge is 0.340 e. The molecule has 0 aliphatic carbocycles. The zero-order valence-electron chi connectivity index (χ0n) is 11.0. The molecule has 1 aromatic carbocycles. The highest BCUT2D eigenvalue weighted by Gasteiger charge is 2.12. The molecule has 0 aliphatic heterocycles. The van der Waals surface area contributed by atoms with Crippen LogP contribution in [0.5, 0.6) is 0 Å². The molecule has 0 saturated heterocycles. The number of rotatable bonds is 4. The number of aryl methyl sites for hydroxylation is 1. The minimum Gasteiger partial charge on any atom is -0.340 e. The monoisotopic (exact) mass is 277 g/mol. The maximum atomic E-state index is 12.8. The van der Waals surface area contributed by atoms with Crippen molar-refractivity contribution in [2.75, 3.05) is 7.05 Å². The molecule has 1 amide bonds. The van der Waals surface area contributed by atoms with Crippen LogP contribution in [-0.4, -0.2) is 17.9 Å². The van der Waals surface area contributed by atoms with Gasteiger partial charge in [-0.15, -0.1) is 11.3 Å². The Labute approximate surface area is 116 Å². The van der Waals surface area contributed by atoms with E-state index < -0.39 is 0 Å². The summed E-state index contributed by atoms with van der Waals surface area (Å²) in [5.74, 6) is -0.238. The predicted octanol–water partition coefficient (Wildman–Crippen LogP) is 3.40. The number of halogens is 1. The van der Waals surface area contributed by atoms with Crippen molar-refractivity contribution in [2.45, 2.75) is 19.9 Å². The van der Waals surface area contributed by atoms with Crippen LogP contribution in [0.15, 0.2) is 35.7 Å². The number of nitrogens with zero attached hydrogens (tertiary/aromatic N) is 1. The van der Waals surface area contributed by atoms with Crippen molar-refractivity contribution in [3.8, 4) is 0 Å². The summed E-state index contributed by atoms with van der Waals surface area (Å²) in [6, 6.07) is 8.12. The zero-order valence-corrected chi connectivity index (χ0v) is 11.8. The van der Waals surface area contributed by atoms with Gasteiger partial charge in [-0.05, 0) is 41.6 Å². The van der Waals surface area contributed by atoms with Crippen LogP contribution >= 0.6 is 11.3 Å². The molecule has 0 unspecified atom stereocenters. The van der Waals surface area contributed by atoms with Crippen LogP contribution in [0.1, 0.15) is 16.0 Å². The van der Waals surface area contributed by atoms with Crippen molar-refractivity contribution in [1.82, 2.24) is 4.90 Å². The molecule has 0 saturated carbocycles. The van der Waals surface area contributed by atoms with Gasteiger partial charge in [-0.2, -0.15) is 0 Å². The van der Waals surface area contributed by atoms with Crippen molar-refractivity contribution >= 4 is 17.2 Å². The van der Waals surface area contributed by atoms with Gasteiger partial charge in [-0.1, -0.05) is 12.1 Å². The van der Waals surface area contributed by atoms with Crippen molar-refractivity contribution in [2.24, 2.45) is 0 Å². The van der Waals surface area contributed by atoms with E-state index >= 15 is 0 Å². The molecule has 100 valence electrons. The molecular weight excluding hydrogens is 261 g/mol. The summed E-state index contributed by atoms with van der Waals surface area (Å²) in [5, 5.41) is 2.03. The lowest BCUT2D eigenvalue weighted by molar-refractivity contribution is -0.129. The van der Waals surface area contributed by atoms with Gasteiger partial charge < -0.3 is 4.90 Å². The number of benzene rings is 1. The second kappa shape index (κ2) is 5.97. The highest BCUT2D eigenvalue weighted by molar-refractivity contribution is 7.10. The molecule has 1 aromatic heterocycles. The molecule has 0 fully saturated rings. The van der Waals surface area contributed by atoms with Crippen molar-refractivity contribution < 1.29 is 9.18 Å². The Bertz CT molecular complexity index is 562. The first kappa shape index (κ1) is 13.7. The molecule has 0 spiro atoms. The summed E-state index contributed by atoms with van der Waals surface area (Å²) >= 11 is 1.66. The molecule has 0 bridgehead atoms.